The summed E-state index contributed by atoms with van der Waals surface area (Å²) in [5.41, 5.74) is 3.21. The summed E-state index contributed by atoms with van der Waals surface area (Å²) >= 11 is 0. The number of hydrogen-bond donors (Lipinski definition) is 3. The number of aliphatic imine (C=N–C) groups is 1. The lowest BCUT2D eigenvalue weighted by Gasteiger charge is -2.21. The largest absolute Gasteiger partial charge is 0.497 e. The molecule has 3 aromatic rings. The SMILES string of the molecule is CCNC(=NCc1ncc(-c2ccccc2)[nH]1)NC1CCN(c2cc(OC)cc(OC)c2)C1.I. The smallest absolute Gasteiger partial charge is 0.191 e. The van der Waals surface area contributed by atoms with Gasteiger partial charge in [-0.1, -0.05) is 30.3 Å². The molecule has 182 valence electrons. The Hall–Kier alpha value is -2.95. The van der Waals surface area contributed by atoms with Gasteiger partial charge < -0.3 is 30.0 Å². The number of hydrogen-bond acceptors (Lipinski definition) is 5. The highest BCUT2D eigenvalue weighted by molar-refractivity contribution is 14.0. The second-order valence-corrected chi connectivity index (χ2v) is 7.95. The van der Waals surface area contributed by atoms with Gasteiger partial charge in [0.1, 0.15) is 23.9 Å². The van der Waals surface area contributed by atoms with Crippen LogP contribution in [-0.4, -0.2) is 55.8 Å². The van der Waals surface area contributed by atoms with E-state index in [4.69, 9.17) is 14.5 Å². The molecule has 0 bridgehead atoms. The Kier molecular flexibility index (Phi) is 9.43. The van der Waals surface area contributed by atoms with Crippen LogP contribution in [0.1, 0.15) is 19.2 Å². The number of nitrogens with one attached hydrogen (secondary N) is 3. The van der Waals surface area contributed by atoms with Crippen molar-refractivity contribution in [3.8, 4) is 22.8 Å². The number of anilines is 1. The maximum atomic E-state index is 5.42. The lowest BCUT2D eigenvalue weighted by atomic mass is 10.2. The third-order valence-corrected chi connectivity index (χ3v) is 5.67. The lowest BCUT2D eigenvalue weighted by Crippen LogP contribution is -2.44. The normalized spacial score (nSPS) is 15.6. The molecule has 3 N–H and O–H groups in total. The molecule has 1 aliphatic heterocycles. The number of nitrogens with zero attached hydrogens (tertiary/aromatic N) is 3. The van der Waals surface area contributed by atoms with E-state index in [2.05, 4.69) is 44.6 Å². The first-order valence-electron chi connectivity index (χ1n) is 11.3. The Morgan fingerprint density at radius 1 is 1.15 bits per heavy atom. The highest BCUT2D eigenvalue weighted by atomic mass is 127. The molecular formula is C25H33IN6O2. The van der Waals surface area contributed by atoms with Crippen LogP contribution in [0.4, 0.5) is 5.69 Å². The number of rotatable bonds is 8. The minimum atomic E-state index is 0. The Morgan fingerprint density at radius 2 is 1.88 bits per heavy atom. The molecule has 1 saturated heterocycles. The number of guanidine groups is 1. The Labute approximate surface area is 218 Å². The molecular weight excluding hydrogens is 543 g/mol. The molecule has 1 unspecified atom stereocenters. The Bertz CT molecular complexity index is 1050. The molecule has 1 atom stereocenters. The van der Waals surface area contributed by atoms with Crippen LogP contribution in [0.15, 0.2) is 59.7 Å². The first-order valence-corrected chi connectivity index (χ1v) is 11.3. The number of benzene rings is 2. The van der Waals surface area contributed by atoms with Gasteiger partial charge in [-0.2, -0.15) is 0 Å². The van der Waals surface area contributed by atoms with E-state index >= 15 is 0 Å². The van der Waals surface area contributed by atoms with Gasteiger partial charge in [-0.25, -0.2) is 9.98 Å². The topological polar surface area (TPSA) is 86.8 Å². The van der Waals surface area contributed by atoms with Gasteiger partial charge in [0.05, 0.1) is 26.1 Å². The summed E-state index contributed by atoms with van der Waals surface area (Å²) in [6, 6.07) is 16.5. The average Bonchev–Trinajstić information content (AvgIpc) is 3.53. The lowest BCUT2D eigenvalue weighted by molar-refractivity contribution is 0.394. The van der Waals surface area contributed by atoms with Crippen molar-refractivity contribution in [3.63, 3.8) is 0 Å². The second kappa shape index (κ2) is 12.5. The van der Waals surface area contributed by atoms with Gasteiger partial charge in [0.2, 0.25) is 0 Å². The van der Waals surface area contributed by atoms with Crippen LogP contribution in [-0.2, 0) is 6.54 Å². The van der Waals surface area contributed by atoms with Gasteiger partial charge in [0.15, 0.2) is 5.96 Å². The first kappa shape index (κ1) is 25.7. The minimum Gasteiger partial charge on any atom is -0.497 e. The third-order valence-electron chi connectivity index (χ3n) is 5.67. The van der Waals surface area contributed by atoms with Gasteiger partial charge in [-0.3, -0.25) is 0 Å². The zero-order chi connectivity index (χ0) is 23.0. The van der Waals surface area contributed by atoms with Crippen molar-refractivity contribution < 1.29 is 9.47 Å². The molecule has 0 radical (unpaired) electrons. The van der Waals surface area contributed by atoms with E-state index in [-0.39, 0.29) is 30.0 Å². The maximum absolute atomic E-state index is 5.42. The van der Waals surface area contributed by atoms with Crippen molar-refractivity contribution in [2.75, 3.05) is 38.8 Å². The fraction of sp³-hybridized carbons (Fsp3) is 0.360. The van der Waals surface area contributed by atoms with Crippen LogP contribution in [0.3, 0.4) is 0 Å². The van der Waals surface area contributed by atoms with Gasteiger partial charge in [0.25, 0.3) is 0 Å². The van der Waals surface area contributed by atoms with E-state index < -0.39 is 0 Å². The number of H-pyrrole nitrogens is 1. The van der Waals surface area contributed by atoms with E-state index in [0.29, 0.717) is 6.54 Å². The Balaban J connectivity index is 0.00000324. The van der Waals surface area contributed by atoms with E-state index in [1.807, 2.05) is 42.6 Å². The second-order valence-electron chi connectivity index (χ2n) is 7.95. The van der Waals surface area contributed by atoms with Crippen LogP contribution in [0.2, 0.25) is 0 Å². The summed E-state index contributed by atoms with van der Waals surface area (Å²) in [4.78, 5) is 14.9. The molecule has 1 aliphatic rings. The number of imidazole rings is 1. The molecule has 0 spiro atoms. The van der Waals surface area contributed by atoms with Gasteiger partial charge in [-0.05, 0) is 18.9 Å². The summed E-state index contributed by atoms with van der Waals surface area (Å²) in [5.74, 6) is 3.22. The van der Waals surface area contributed by atoms with Crippen molar-refractivity contribution in [1.29, 1.82) is 0 Å². The summed E-state index contributed by atoms with van der Waals surface area (Å²) in [7, 11) is 3.35. The number of aromatic amines is 1. The predicted octanol–water partition coefficient (Wildman–Crippen LogP) is 4.05. The molecule has 2 heterocycles. The standard InChI is InChI=1S/C25H32N6O2.HI/c1-4-26-25(28-16-24-27-15-23(30-24)18-8-6-5-7-9-18)29-19-10-11-31(17-19)20-12-21(32-2)14-22(13-20)33-3;/h5-9,12-15,19H,4,10-11,16-17H2,1-3H3,(H,27,30)(H2,26,28,29);1H. The van der Waals surface area contributed by atoms with Gasteiger partial charge in [0, 0.05) is 49.6 Å². The summed E-state index contributed by atoms with van der Waals surface area (Å²) in [5, 5.41) is 6.92. The van der Waals surface area contributed by atoms with E-state index in [1.165, 1.54) is 0 Å². The molecule has 1 aromatic heterocycles. The summed E-state index contributed by atoms with van der Waals surface area (Å²) in [6.45, 7) is 5.17. The number of halogens is 1. The predicted molar refractivity (Wildman–Crippen MR) is 148 cm³/mol. The fourth-order valence-electron chi connectivity index (χ4n) is 3.96. The van der Waals surface area contributed by atoms with E-state index in [1.54, 1.807) is 14.2 Å². The molecule has 0 saturated carbocycles. The van der Waals surface area contributed by atoms with Crippen LogP contribution in [0, 0.1) is 0 Å². The summed E-state index contributed by atoms with van der Waals surface area (Å²) < 4.78 is 10.8. The van der Waals surface area contributed by atoms with Gasteiger partial charge >= 0.3 is 0 Å². The highest BCUT2D eigenvalue weighted by Gasteiger charge is 2.24. The monoisotopic (exact) mass is 576 g/mol. The van der Waals surface area contributed by atoms with E-state index in [9.17, 15) is 0 Å². The Morgan fingerprint density at radius 3 is 2.56 bits per heavy atom. The summed E-state index contributed by atoms with van der Waals surface area (Å²) in [6.07, 6.45) is 2.88. The van der Waals surface area contributed by atoms with Crippen LogP contribution in [0.25, 0.3) is 11.3 Å². The quantitative estimate of drug-likeness (QED) is 0.213. The first-order chi connectivity index (χ1) is 16.2. The van der Waals surface area contributed by atoms with Crippen LogP contribution in [0.5, 0.6) is 11.5 Å². The molecule has 2 aromatic carbocycles. The molecule has 0 aliphatic carbocycles. The third kappa shape index (κ3) is 6.55. The maximum Gasteiger partial charge on any atom is 0.191 e. The van der Waals surface area contributed by atoms with Crippen LogP contribution < -0.4 is 25.0 Å². The van der Waals surface area contributed by atoms with Crippen molar-refractivity contribution in [3.05, 3.63) is 60.6 Å². The minimum absolute atomic E-state index is 0. The molecule has 9 heteroatoms. The number of methoxy groups -OCH3 is 2. The van der Waals surface area contributed by atoms with Crippen molar-refractivity contribution >= 4 is 35.6 Å². The zero-order valence-corrected chi connectivity index (χ0v) is 22.2. The molecule has 4 rings (SSSR count). The average molecular weight is 576 g/mol. The van der Waals surface area contributed by atoms with Crippen molar-refractivity contribution in [2.45, 2.75) is 25.9 Å². The number of ether oxygens (including phenoxy) is 2. The highest BCUT2D eigenvalue weighted by Crippen LogP contribution is 2.30. The van der Waals surface area contributed by atoms with Gasteiger partial charge in [-0.15, -0.1) is 24.0 Å². The zero-order valence-electron chi connectivity index (χ0n) is 19.9. The van der Waals surface area contributed by atoms with Crippen LogP contribution >= 0.6 is 24.0 Å². The van der Waals surface area contributed by atoms with Crippen molar-refractivity contribution in [1.82, 2.24) is 20.6 Å². The molecule has 34 heavy (non-hydrogen) atoms. The molecule has 8 nitrogen and oxygen atoms in total. The number of aromatic nitrogens is 2. The van der Waals surface area contributed by atoms with E-state index in [0.717, 1.165) is 66.3 Å². The molecule has 0 amide bonds. The molecule has 1 fully saturated rings. The van der Waals surface area contributed by atoms with Crippen molar-refractivity contribution in [2.24, 2.45) is 4.99 Å². The fourth-order valence-corrected chi connectivity index (χ4v) is 3.96.